The first kappa shape index (κ1) is 11.1. The highest BCUT2D eigenvalue weighted by molar-refractivity contribution is 5.92. The van der Waals surface area contributed by atoms with Crippen LogP contribution in [0.1, 0.15) is 16.3 Å². The molecule has 0 atom stereocenters. The molecule has 0 spiro atoms. The summed E-state index contributed by atoms with van der Waals surface area (Å²) in [6.07, 6.45) is 0. The fourth-order valence-electron chi connectivity index (χ4n) is 1.000. The Morgan fingerprint density at radius 3 is 2.67 bits per heavy atom. The standard InChI is InChI=1S/C9H13N3O3/c1-5(10)8-6(11)4-7(15-8)9(13)12(2)14-3/h4H,1,10-11H2,2-3H3. The number of nitrogens with zero attached hydrogens (tertiary/aromatic N) is 1. The molecule has 1 rings (SSSR count). The number of hydroxylamine groups is 2. The highest BCUT2D eigenvalue weighted by Crippen LogP contribution is 2.22. The molecule has 0 aliphatic carbocycles. The van der Waals surface area contributed by atoms with Gasteiger partial charge in [-0.3, -0.25) is 9.63 Å². The number of carbonyl (C=O) groups is 1. The van der Waals surface area contributed by atoms with E-state index in [1.54, 1.807) is 0 Å². The van der Waals surface area contributed by atoms with Crippen LogP contribution in [0.15, 0.2) is 17.1 Å². The summed E-state index contributed by atoms with van der Waals surface area (Å²) >= 11 is 0. The van der Waals surface area contributed by atoms with Gasteiger partial charge in [-0.15, -0.1) is 0 Å². The summed E-state index contributed by atoms with van der Waals surface area (Å²) in [7, 11) is 2.82. The quantitative estimate of drug-likeness (QED) is 0.707. The Kier molecular flexibility index (Phi) is 3.01. The van der Waals surface area contributed by atoms with Gasteiger partial charge in [0.1, 0.15) is 0 Å². The summed E-state index contributed by atoms with van der Waals surface area (Å²) in [4.78, 5) is 16.3. The van der Waals surface area contributed by atoms with Crippen molar-refractivity contribution in [3.05, 3.63) is 24.2 Å². The highest BCUT2D eigenvalue weighted by Gasteiger charge is 2.19. The molecule has 1 aromatic heterocycles. The summed E-state index contributed by atoms with van der Waals surface area (Å²) in [6.45, 7) is 3.47. The highest BCUT2D eigenvalue weighted by atomic mass is 16.7. The summed E-state index contributed by atoms with van der Waals surface area (Å²) in [5.41, 5.74) is 11.4. The number of anilines is 1. The van der Waals surface area contributed by atoms with Crippen LogP contribution in [0.2, 0.25) is 0 Å². The maximum atomic E-state index is 11.5. The first-order valence-corrected chi connectivity index (χ1v) is 4.13. The van der Waals surface area contributed by atoms with Gasteiger partial charge in [-0.2, -0.15) is 0 Å². The summed E-state index contributed by atoms with van der Waals surface area (Å²) < 4.78 is 5.14. The third-order valence-corrected chi connectivity index (χ3v) is 1.82. The first-order chi connectivity index (χ1) is 6.97. The van der Waals surface area contributed by atoms with Crippen molar-refractivity contribution in [3.8, 4) is 0 Å². The Labute approximate surface area is 87.0 Å². The van der Waals surface area contributed by atoms with Crippen LogP contribution in [0.4, 0.5) is 5.69 Å². The van der Waals surface area contributed by atoms with Crippen LogP contribution >= 0.6 is 0 Å². The van der Waals surface area contributed by atoms with Crippen LogP contribution < -0.4 is 11.5 Å². The fraction of sp³-hybridized carbons (Fsp3) is 0.222. The normalized spacial score (nSPS) is 10.0. The lowest BCUT2D eigenvalue weighted by molar-refractivity contribution is -0.0773. The van der Waals surface area contributed by atoms with E-state index in [1.165, 1.54) is 20.2 Å². The average molecular weight is 211 g/mol. The van der Waals surface area contributed by atoms with E-state index in [9.17, 15) is 4.79 Å². The Morgan fingerprint density at radius 1 is 1.67 bits per heavy atom. The molecule has 82 valence electrons. The van der Waals surface area contributed by atoms with Crippen LogP contribution in [-0.2, 0) is 4.84 Å². The molecule has 0 bridgehead atoms. The SMILES string of the molecule is C=C(N)c1oc(C(=O)N(C)OC)cc1N. The molecule has 0 radical (unpaired) electrons. The van der Waals surface area contributed by atoms with Gasteiger partial charge in [0, 0.05) is 13.1 Å². The lowest BCUT2D eigenvalue weighted by atomic mass is 10.3. The number of amides is 1. The zero-order chi connectivity index (χ0) is 11.6. The molecule has 1 aromatic rings. The van der Waals surface area contributed by atoms with E-state index in [2.05, 4.69) is 6.58 Å². The van der Waals surface area contributed by atoms with Gasteiger partial charge in [0.2, 0.25) is 0 Å². The summed E-state index contributed by atoms with van der Waals surface area (Å²) in [6, 6.07) is 1.38. The van der Waals surface area contributed by atoms with E-state index < -0.39 is 5.91 Å². The topological polar surface area (TPSA) is 94.7 Å². The molecule has 1 amide bonds. The van der Waals surface area contributed by atoms with E-state index in [1.807, 2.05) is 0 Å². The molecular weight excluding hydrogens is 198 g/mol. The number of carbonyl (C=O) groups excluding carboxylic acids is 1. The van der Waals surface area contributed by atoms with Crippen molar-refractivity contribution in [2.75, 3.05) is 19.9 Å². The summed E-state index contributed by atoms with van der Waals surface area (Å²) in [5, 5.41) is 1.02. The number of furan rings is 1. The molecular formula is C9H13N3O3. The molecule has 0 saturated heterocycles. The maximum Gasteiger partial charge on any atom is 0.312 e. The molecule has 0 aromatic carbocycles. The Morgan fingerprint density at radius 2 is 2.27 bits per heavy atom. The third kappa shape index (κ3) is 2.10. The van der Waals surface area contributed by atoms with Gasteiger partial charge in [0.15, 0.2) is 11.5 Å². The minimum Gasteiger partial charge on any atom is -0.447 e. The molecule has 4 N–H and O–H groups in total. The molecule has 0 fully saturated rings. The number of rotatable bonds is 3. The third-order valence-electron chi connectivity index (χ3n) is 1.82. The van der Waals surface area contributed by atoms with Crippen molar-refractivity contribution in [2.45, 2.75) is 0 Å². The first-order valence-electron chi connectivity index (χ1n) is 4.13. The predicted molar refractivity (Wildman–Crippen MR) is 55.4 cm³/mol. The minimum absolute atomic E-state index is 0.0541. The molecule has 15 heavy (non-hydrogen) atoms. The molecule has 0 saturated carbocycles. The fourth-order valence-corrected chi connectivity index (χ4v) is 1.000. The van der Waals surface area contributed by atoms with Crippen LogP contribution in [0.3, 0.4) is 0 Å². The number of hydrogen-bond donors (Lipinski definition) is 2. The van der Waals surface area contributed by atoms with Gasteiger partial charge in [-0.25, -0.2) is 5.06 Å². The molecule has 0 aliphatic heterocycles. The van der Waals surface area contributed by atoms with E-state index in [0.717, 1.165) is 5.06 Å². The minimum atomic E-state index is -0.447. The van der Waals surface area contributed by atoms with Crippen LogP contribution in [-0.4, -0.2) is 25.1 Å². The Hall–Kier alpha value is -1.95. The average Bonchev–Trinajstić information content (AvgIpc) is 2.58. The van der Waals surface area contributed by atoms with Gasteiger partial charge >= 0.3 is 5.91 Å². The number of nitrogen functional groups attached to an aromatic ring is 1. The Bertz CT molecular complexity index is 397. The molecule has 0 unspecified atom stereocenters. The number of hydrogen-bond acceptors (Lipinski definition) is 5. The van der Waals surface area contributed by atoms with Gasteiger partial charge in [0.05, 0.1) is 18.5 Å². The van der Waals surface area contributed by atoms with E-state index in [-0.39, 0.29) is 22.9 Å². The van der Waals surface area contributed by atoms with Gasteiger partial charge in [-0.05, 0) is 0 Å². The lowest BCUT2D eigenvalue weighted by Gasteiger charge is -2.10. The zero-order valence-electron chi connectivity index (χ0n) is 8.61. The lowest BCUT2D eigenvalue weighted by Crippen LogP contribution is -2.24. The monoisotopic (exact) mass is 211 g/mol. The number of nitrogens with two attached hydrogens (primary N) is 2. The second kappa shape index (κ2) is 4.05. The second-order valence-corrected chi connectivity index (χ2v) is 2.91. The molecule has 6 nitrogen and oxygen atoms in total. The molecule has 0 aliphatic rings. The molecule has 6 heteroatoms. The second-order valence-electron chi connectivity index (χ2n) is 2.91. The zero-order valence-corrected chi connectivity index (χ0v) is 8.61. The molecule has 1 heterocycles. The Balaban J connectivity index is 3.02. The van der Waals surface area contributed by atoms with Gasteiger partial charge in [-0.1, -0.05) is 6.58 Å². The van der Waals surface area contributed by atoms with E-state index in [0.29, 0.717) is 0 Å². The van der Waals surface area contributed by atoms with Crippen molar-refractivity contribution in [2.24, 2.45) is 5.73 Å². The summed E-state index contributed by atoms with van der Waals surface area (Å²) in [5.74, 6) is -0.182. The van der Waals surface area contributed by atoms with Crippen LogP contribution in [0.5, 0.6) is 0 Å². The van der Waals surface area contributed by atoms with Crippen LogP contribution in [0, 0.1) is 0 Å². The van der Waals surface area contributed by atoms with E-state index >= 15 is 0 Å². The van der Waals surface area contributed by atoms with Crippen molar-refractivity contribution in [1.29, 1.82) is 0 Å². The largest absolute Gasteiger partial charge is 0.447 e. The van der Waals surface area contributed by atoms with Crippen molar-refractivity contribution < 1.29 is 14.0 Å². The van der Waals surface area contributed by atoms with E-state index in [4.69, 9.17) is 20.7 Å². The smallest absolute Gasteiger partial charge is 0.312 e. The van der Waals surface area contributed by atoms with Crippen molar-refractivity contribution in [3.63, 3.8) is 0 Å². The van der Waals surface area contributed by atoms with Gasteiger partial charge in [0.25, 0.3) is 0 Å². The maximum absolute atomic E-state index is 11.5. The predicted octanol–water partition coefficient (Wildman–Crippen LogP) is 0.425. The van der Waals surface area contributed by atoms with Gasteiger partial charge < -0.3 is 15.9 Å². The van der Waals surface area contributed by atoms with Crippen molar-refractivity contribution in [1.82, 2.24) is 5.06 Å². The van der Waals surface area contributed by atoms with Crippen LogP contribution in [0.25, 0.3) is 5.70 Å². The van der Waals surface area contributed by atoms with Crippen molar-refractivity contribution >= 4 is 17.3 Å².